The van der Waals surface area contributed by atoms with Crippen LogP contribution in [0.3, 0.4) is 0 Å². The molecule has 168 valence electrons. The number of unbranched alkanes of at least 4 members (excludes halogenated alkanes) is 12. The summed E-state index contributed by atoms with van der Waals surface area (Å²) in [6.07, 6.45) is 18.0. The largest absolute Gasteiger partial charge is 1.00 e. The van der Waals surface area contributed by atoms with Crippen molar-refractivity contribution in [3.05, 3.63) is 23.3 Å². The number of benzene rings is 1. The second-order valence-electron chi connectivity index (χ2n) is 8.25. The molecule has 1 aromatic carbocycles. The summed E-state index contributed by atoms with van der Waals surface area (Å²) in [6, 6.07) is 3.01. The zero-order valence-electron chi connectivity index (χ0n) is 19.5. The molecule has 0 aliphatic heterocycles. The van der Waals surface area contributed by atoms with Crippen molar-refractivity contribution in [2.45, 2.75) is 121 Å². The number of hydrogen-bond acceptors (Lipinski definition) is 4. The Kier molecular flexibility index (Phi) is 17.4. The van der Waals surface area contributed by atoms with E-state index in [4.69, 9.17) is 0 Å². The number of phenols is 1. The third-order valence-corrected chi connectivity index (χ3v) is 6.56. The van der Waals surface area contributed by atoms with E-state index in [0.29, 0.717) is 12.0 Å². The van der Waals surface area contributed by atoms with Crippen LogP contribution in [0.4, 0.5) is 0 Å². The third-order valence-electron chi connectivity index (χ3n) is 5.69. The molecule has 0 saturated carbocycles. The molecule has 0 radical (unpaired) electrons. The topological polar surface area (TPSA) is 77.4 Å². The van der Waals surface area contributed by atoms with E-state index >= 15 is 0 Å². The zero-order chi connectivity index (χ0) is 21.5. The summed E-state index contributed by atoms with van der Waals surface area (Å²) in [7, 11) is -4.66. The predicted molar refractivity (Wildman–Crippen MR) is 119 cm³/mol. The summed E-state index contributed by atoms with van der Waals surface area (Å²) in [5.41, 5.74) is 1.66. The van der Waals surface area contributed by atoms with Crippen molar-refractivity contribution in [1.82, 2.24) is 0 Å². The second-order valence-corrected chi connectivity index (χ2v) is 9.59. The van der Waals surface area contributed by atoms with Crippen molar-refractivity contribution in [3.8, 4) is 5.75 Å². The molecule has 0 aliphatic rings. The van der Waals surface area contributed by atoms with Crippen LogP contribution in [0.5, 0.6) is 5.75 Å². The monoisotopic (exact) mass is 448 g/mol. The first-order valence-corrected chi connectivity index (χ1v) is 13.1. The van der Waals surface area contributed by atoms with E-state index in [2.05, 4.69) is 13.8 Å². The van der Waals surface area contributed by atoms with Crippen LogP contribution in [-0.4, -0.2) is 18.1 Å². The summed E-state index contributed by atoms with van der Waals surface area (Å²) in [5, 5.41) is 10.5. The molecule has 0 spiro atoms. The van der Waals surface area contributed by atoms with Gasteiger partial charge in [-0.25, -0.2) is 8.42 Å². The molecule has 0 heterocycles. The van der Waals surface area contributed by atoms with Gasteiger partial charge in [0.2, 0.25) is 0 Å². The number of aromatic hydroxyl groups is 1. The molecule has 0 unspecified atom stereocenters. The molecule has 1 N–H and O–H groups in total. The van der Waals surface area contributed by atoms with Gasteiger partial charge in [0, 0.05) is 0 Å². The fraction of sp³-hybridized carbons (Fsp3) is 0.750. The maximum atomic E-state index is 11.5. The van der Waals surface area contributed by atoms with Gasteiger partial charge in [-0.1, -0.05) is 97.0 Å². The summed E-state index contributed by atoms with van der Waals surface area (Å²) < 4.78 is 34.4. The third kappa shape index (κ3) is 12.1. The fourth-order valence-electron chi connectivity index (χ4n) is 3.90. The van der Waals surface area contributed by atoms with E-state index in [1.807, 2.05) is 0 Å². The van der Waals surface area contributed by atoms with Crippen molar-refractivity contribution in [2.75, 3.05) is 0 Å². The van der Waals surface area contributed by atoms with Gasteiger partial charge >= 0.3 is 29.6 Å². The van der Waals surface area contributed by atoms with Crippen LogP contribution in [0.25, 0.3) is 0 Å². The molecule has 0 bridgehead atoms. The number of phenolic OH excluding ortho intramolecular Hbond substituents is 1. The molecule has 1 aromatic rings. The van der Waals surface area contributed by atoms with Gasteiger partial charge in [0.1, 0.15) is 15.9 Å². The summed E-state index contributed by atoms with van der Waals surface area (Å²) in [4.78, 5) is -0.473. The fourth-order valence-corrected chi connectivity index (χ4v) is 4.50. The van der Waals surface area contributed by atoms with Gasteiger partial charge < -0.3 is 9.66 Å². The van der Waals surface area contributed by atoms with Crippen molar-refractivity contribution in [2.24, 2.45) is 0 Å². The first-order chi connectivity index (χ1) is 13.9. The maximum absolute atomic E-state index is 11.5. The standard InChI is InChI=1S/C24H42O4S.Na/c1-3-5-7-9-11-13-15-17-21-19-20-23(29(26,27)28)24(25)22(21)18-16-14-12-10-8-6-4-2;/h19-20,25H,3-18H2,1-2H3,(H,26,27,28);/q;+1/p-1. The quantitative estimate of drug-likeness (QED) is 0.223. The van der Waals surface area contributed by atoms with Crippen molar-refractivity contribution in [3.63, 3.8) is 0 Å². The van der Waals surface area contributed by atoms with Gasteiger partial charge in [-0.3, -0.25) is 0 Å². The Morgan fingerprint density at radius 1 is 0.733 bits per heavy atom. The van der Waals surface area contributed by atoms with Crippen LogP contribution in [0.15, 0.2) is 17.0 Å². The average molecular weight is 449 g/mol. The minimum Gasteiger partial charge on any atom is -0.744 e. The smallest absolute Gasteiger partial charge is 0.744 e. The van der Waals surface area contributed by atoms with E-state index in [0.717, 1.165) is 44.1 Å². The Labute approximate surface area is 207 Å². The molecular weight excluding hydrogens is 407 g/mol. The molecule has 0 aromatic heterocycles. The van der Waals surface area contributed by atoms with E-state index in [1.165, 1.54) is 63.9 Å². The molecule has 1 rings (SSSR count). The normalized spacial score (nSPS) is 11.4. The van der Waals surface area contributed by atoms with Gasteiger partial charge in [-0.15, -0.1) is 0 Å². The maximum Gasteiger partial charge on any atom is 1.00 e. The van der Waals surface area contributed by atoms with Crippen LogP contribution in [0.1, 0.15) is 115 Å². The van der Waals surface area contributed by atoms with Crippen molar-refractivity contribution in [1.29, 1.82) is 0 Å². The van der Waals surface area contributed by atoms with Crippen molar-refractivity contribution < 1.29 is 47.6 Å². The second kappa shape index (κ2) is 17.5. The Balaban J connectivity index is 0.00000841. The molecule has 0 saturated heterocycles. The molecule has 0 aliphatic carbocycles. The van der Waals surface area contributed by atoms with Gasteiger partial charge in [0.25, 0.3) is 0 Å². The van der Waals surface area contributed by atoms with E-state index in [-0.39, 0.29) is 35.3 Å². The Bertz CT molecular complexity index is 674. The Morgan fingerprint density at radius 3 is 1.63 bits per heavy atom. The molecular formula is C24H41NaO4S. The zero-order valence-corrected chi connectivity index (χ0v) is 22.4. The Hall–Kier alpha value is -0.0700. The van der Waals surface area contributed by atoms with Crippen LogP contribution < -0.4 is 29.6 Å². The minimum atomic E-state index is -4.66. The van der Waals surface area contributed by atoms with Gasteiger partial charge in [-0.05, 0) is 42.9 Å². The molecule has 0 atom stereocenters. The predicted octanol–water partition coefficient (Wildman–Crippen LogP) is 3.89. The van der Waals surface area contributed by atoms with Crippen LogP contribution in [0, 0.1) is 0 Å². The minimum absolute atomic E-state index is 0. The number of hydrogen-bond donors (Lipinski definition) is 1. The van der Waals surface area contributed by atoms with Crippen LogP contribution in [-0.2, 0) is 23.0 Å². The molecule has 30 heavy (non-hydrogen) atoms. The molecule has 6 heteroatoms. The SMILES string of the molecule is CCCCCCCCCc1ccc(S(=O)(=O)[O-])c(O)c1CCCCCCCCC.[Na+]. The van der Waals surface area contributed by atoms with E-state index in [9.17, 15) is 18.1 Å². The van der Waals surface area contributed by atoms with E-state index in [1.54, 1.807) is 6.07 Å². The van der Waals surface area contributed by atoms with Gasteiger partial charge in [-0.2, -0.15) is 0 Å². The number of rotatable bonds is 17. The van der Waals surface area contributed by atoms with Crippen LogP contribution >= 0.6 is 0 Å². The van der Waals surface area contributed by atoms with Crippen LogP contribution in [0.2, 0.25) is 0 Å². The first-order valence-electron chi connectivity index (χ1n) is 11.7. The Morgan fingerprint density at radius 2 is 1.17 bits per heavy atom. The molecule has 0 fully saturated rings. The molecule has 4 nitrogen and oxygen atoms in total. The number of aryl methyl sites for hydroxylation is 1. The molecule has 0 amide bonds. The first kappa shape index (κ1) is 29.9. The van der Waals surface area contributed by atoms with Crippen molar-refractivity contribution >= 4 is 10.1 Å². The summed E-state index contributed by atoms with van der Waals surface area (Å²) in [6.45, 7) is 4.41. The van der Waals surface area contributed by atoms with Gasteiger partial charge in [0.15, 0.2) is 0 Å². The summed E-state index contributed by atoms with van der Waals surface area (Å²) in [5.74, 6) is -0.313. The van der Waals surface area contributed by atoms with Gasteiger partial charge in [0.05, 0.1) is 4.90 Å². The summed E-state index contributed by atoms with van der Waals surface area (Å²) >= 11 is 0. The average Bonchev–Trinajstić information content (AvgIpc) is 2.67. The van der Waals surface area contributed by atoms with E-state index < -0.39 is 15.0 Å².